The Morgan fingerprint density at radius 3 is 2.39 bits per heavy atom. The standard InChI is InChI=1S/C24H22F8N6O3/c1-3-22(41,24(30,31)32)21(40)37-7-15(26)16(8-37)36-20(39)11-5-12(14(25)4-10(11)2)17-6-13(23(27,28)29)18-19(33)34-9-35-38(17)18/h4-6,9,15-16,41H,3,7-8H2,1-2H3,(H,36,39)(H2,33,34,35)/t15-,16+,22?/m0/s1. The summed E-state index contributed by atoms with van der Waals surface area (Å²) in [5.41, 5.74) is -1.29. The number of aromatic nitrogens is 3. The second kappa shape index (κ2) is 10.1. The number of aliphatic hydroxyl groups is 1. The first kappa shape index (κ1) is 30.0. The van der Waals surface area contributed by atoms with Gasteiger partial charge in [-0.15, -0.1) is 0 Å². The van der Waals surface area contributed by atoms with Gasteiger partial charge in [-0.3, -0.25) is 9.59 Å². The van der Waals surface area contributed by atoms with Gasteiger partial charge in [0.15, 0.2) is 5.82 Å². The monoisotopic (exact) mass is 594 g/mol. The summed E-state index contributed by atoms with van der Waals surface area (Å²) in [6.07, 6.45) is -12.5. The molecule has 2 amide bonds. The molecule has 0 aliphatic carbocycles. The quantitative estimate of drug-likeness (QED) is 0.389. The van der Waals surface area contributed by atoms with E-state index in [4.69, 9.17) is 5.73 Å². The average molecular weight is 594 g/mol. The molecule has 3 atom stereocenters. The molecule has 3 aromatic rings. The molecule has 17 heteroatoms. The van der Waals surface area contributed by atoms with Gasteiger partial charge in [0.1, 0.15) is 23.8 Å². The second-order valence-corrected chi connectivity index (χ2v) is 9.51. The molecule has 1 saturated heterocycles. The maximum atomic E-state index is 15.0. The number of amides is 2. The van der Waals surface area contributed by atoms with Crippen LogP contribution in [0.2, 0.25) is 0 Å². The van der Waals surface area contributed by atoms with Crippen molar-refractivity contribution in [3.63, 3.8) is 0 Å². The van der Waals surface area contributed by atoms with Crippen LogP contribution in [0.3, 0.4) is 0 Å². The molecule has 0 spiro atoms. The number of nitrogen functional groups attached to an aromatic ring is 1. The average Bonchev–Trinajstić information content (AvgIpc) is 3.44. The van der Waals surface area contributed by atoms with Gasteiger partial charge in [0.2, 0.25) is 5.60 Å². The predicted octanol–water partition coefficient (Wildman–Crippen LogP) is 3.43. The van der Waals surface area contributed by atoms with Gasteiger partial charge >= 0.3 is 12.4 Å². The van der Waals surface area contributed by atoms with Gasteiger partial charge in [-0.25, -0.2) is 18.3 Å². The summed E-state index contributed by atoms with van der Waals surface area (Å²) in [6, 6.07) is 0.824. The smallest absolute Gasteiger partial charge is 0.382 e. The van der Waals surface area contributed by atoms with Crippen molar-refractivity contribution in [1.29, 1.82) is 0 Å². The first-order chi connectivity index (χ1) is 18.9. The van der Waals surface area contributed by atoms with Gasteiger partial charge in [0.25, 0.3) is 11.8 Å². The highest BCUT2D eigenvalue weighted by Gasteiger charge is 2.60. The zero-order valence-electron chi connectivity index (χ0n) is 21.2. The van der Waals surface area contributed by atoms with E-state index in [2.05, 4.69) is 15.4 Å². The van der Waals surface area contributed by atoms with E-state index in [0.29, 0.717) is 15.5 Å². The molecule has 1 unspecified atom stereocenters. The third-order valence-electron chi connectivity index (χ3n) is 6.91. The molecule has 0 radical (unpaired) electrons. The summed E-state index contributed by atoms with van der Waals surface area (Å²) in [5, 5.41) is 15.9. The third-order valence-corrected chi connectivity index (χ3v) is 6.91. The van der Waals surface area contributed by atoms with Crippen LogP contribution < -0.4 is 11.1 Å². The number of anilines is 1. The maximum Gasteiger partial charge on any atom is 0.426 e. The largest absolute Gasteiger partial charge is 0.426 e. The van der Waals surface area contributed by atoms with Crippen molar-refractivity contribution in [2.45, 2.75) is 50.4 Å². The Bertz CT molecular complexity index is 1520. The van der Waals surface area contributed by atoms with Crippen LogP contribution in [-0.2, 0) is 11.0 Å². The summed E-state index contributed by atoms with van der Waals surface area (Å²) in [4.78, 5) is 29.5. The van der Waals surface area contributed by atoms with E-state index in [-0.39, 0.29) is 11.1 Å². The first-order valence-corrected chi connectivity index (χ1v) is 11.9. The Morgan fingerprint density at radius 2 is 1.80 bits per heavy atom. The minimum Gasteiger partial charge on any atom is -0.382 e. The number of fused-ring (bicyclic) bond motifs is 1. The Morgan fingerprint density at radius 1 is 1.15 bits per heavy atom. The number of nitrogens with zero attached hydrogens (tertiary/aromatic N) is 4. The number of carbonyl (C=O) groups excluding carboxylic acids is 2. The van der Waals surface area contributed by atoms with Crippen LogP contribution in [0, 0.1) is 12.7 Å². The van der Waals surface area contributed by atoms with E-state index in [1.165, 1.54) is 6.92 Å². The highest BCUT2D eigenvalue weighted by atomic mass is 19.4. The molecule has 1 aliphatic rings. The minimum atomic E-state index is -5.34. The number of hydrogen-bond donors (Lipinski definition) is 3. The van der Waals surface area contributed by atoms with Crippen LogP contribution in [0.4, 0.5) is 40.9 Å². The Labute approximate surface area is 225 Å². The third kappa shape index (κ3) is 5.13. The van der Waals surface area contributed by atoms with E-state index in [0.717, 1.165) is 25.4 Å². The van der Waals surface area contributed by atoms with Crippen molar-refractivity contribution < 1.29 is 49.8 Å². The lowest BCUT2D eigenvalue weighted by molar-refractivity contribution is -0.256. The summed E-state index contributed by atoms with van der Waals surface area (Å²) in [6.45, 7) is 0.648. The Balaban J connectivity index is 1.66. The predicted molar refractivity (Wildman–Crippen MR) is 127 cm³/mol. The van der Waals surface area contributed by atoms with Gasteiger partial charge in [0.05, 0.1) is 23.8 Å². The fourth-order valence-electron chi connectivity index (χ4n) is 4.64. The fourth-order valence-corrected chi connectivity index (χ4v) is 4.64. The Kier molecular flexibility index (Phi) is 7.39. The summed E-state index contributed by atoms with van der Waals surface area (Å²) < 4.78 is 111. The molecule has 1 aliphatic heterocycles. The van der Waals surface area contributed by atoms with Crippen LogP contribution in [0.1, 0.15) is 34.8 Å². The molecule has 0 bridgehead atoms. The zero-order valence-corrected chi connectivity index (χ0v) is 21.2. The summed E-state index contributed by atoms with van der Waals surface area (Å²) in [5.74, 6) is -4.40. The molecule has 222 valence electrons. The second-order valence-electron chi connectivity index (χ2n) is 9.51. The molecule has 9 nitrogen and oxygen atoms in total. The van der Waals surface area contributed by atoms with Crippen LogP contribution >= 0.6 is 0 Å². The molecule has 1 fully saturated rings. The first-order valence-electron chi connectivity index (χ1n) is 11.9. The van der Waals surface area contributed by atoms with Crippen LogP contribution in [0.25, 0.3) is 16.8 Å². The number of nitrogens with two attached hydrogens (primary N) is 1. The number of nitrogens with one attached hydrogen (secondary N) is 1. The highest BCUT2D eigenvalue weighted by molar-refractivity contribution is 5.97. The van der Waals surface area contributed by atoms with E-state index in [1.807, 2.05) is 0 Å². The van der Waals surface area contributed by atoms with Gasteiger partial charge in [-0.2, -0.15) is 31.4 Å². The van der Waals surface area contributed by atoms with Crippen LogP contribution in [0.15, 0.2) is 24.5 Å². The normalized spacial score (nSPS) is 19.4. The number of alkyl halides is 7. The highest BCUT2D eigenvalue weighted by Crippen LogP contribution is 2.40. The van der Waals surface area contributed by atoms with Crippen molar-refractivity contribution in [2.24, 2.45) is 0 Å². The van der Waals surface area contributed by atoms with Crippen LogP contribution in [0.5, 0.6) is 0 Å². The number of rotatable bonds is 5. The molecular weight excluding hydrogens is 572 g/mol. The number of carbonyl (C=O) groups is 2. The molecule has 0 saturated carbocycles. The SMILES string of the molecule is CCC(O)(C(=O)N1C[C@H](F)[C@H](NC(=O)c2cc(-c3cc(C(F)(F)F)c4c(N)ncnn34)c(F)cc2C)C1)C(F)(F)F. The number of aryl methyl sites for hydroxylation is 1. The van der Waals surface area contributed by atoms with E-state index >= 15 is 4.39 Å². The lowest BCUT2D eigenvalue weighted by Crippen LogP contribution is -2.57. The number of hydrogen-bond acceptors (Lipinski definition) is 6. The van der Waals surface area contributed by atoms with Crippen molar-refractivity contribution in [3.8, 4) is 11.3 Å². The lowest BCUT2D eigenvalue weighted by atomic mass is 9.98. The molecule has 3 heterocycles. The molecule has 1 aromatic carbocycles. The van der Waals surface area contributed by atoms with E-state index in [1.54, 1.807) is 0 Å². The molecular formula is C24H22F8N6O3. The van der Waals surface area contributed by atoms with Gasteiger partial charge in [-0.1, -0.05) is 6.92 Å². The van der Waals surface area contributed by atoms with Crippen molar-refractivity contribution in [3.05, 3.63) is 47.0 Å². The Hall–Kier alpha value is -4.02. The van der Waals surface area contributed by atoms with E-state index in [9.17, 15) is 45.4 Å². The van der Waals surface area contributed by atoms with Crippen LogP contribution in [-0.4, -0.2) is 73.5 Å². The van der Waals surface area contributed by atoms with E-state index < -0.39 is 95.5 Å². The maximum absolute atomic E-state index is 15.0. The van der Waals surface area contributed by atoms with Crippen molar-refractivity contribution in [2.75, 3.05) is 18.8 Å². The number of halogens is 8. The fraction of sp³-hybridized carbons (Fsp3) is 0.417. The van der Waals surface area contributed by atoms with Crippen molar-refractivity contribution in [1.82, 2.24) is 24.8 Å². The lowest BCUT2D eigenvalue weighted by Gasteiger charge is -2.31. The zero-order chi connectivity index (χ0) is 30.7. The topological polar surface area (TPSA) is 126 Å². The molecule has 4 N–H and O–H groups in total. The summed E-state index contributed by atoms with van der Waals surface area (Å²) in [7, 11) is 0. The van der Waals surface area contributed by atoms with Gasteiger partial charge in [0, 0.05) is 17.7 Å². The molecule has 2 aromatic heterocycles. The minimum absolute atomic E-state index is 0.00596. The summed E-state index contributed by atoms with van der Waals surface area (Å²) >= 11 is 0. The van der Waals surface area contributed by atoms with Gasteiger partial charge in [-0.05, 0) is 37.1 Å². The van der Waals surface area contributed by atoms with Gasteiger partial charge < -0.3 is 21.1 Å². The number of benzene rings is 1. The van der Waals surface area contributed by atoms with Crippen molar-refractivity contribution >= 4 is 23.1 Å². The number of likely N-dealkylation sites (tertiary alicyclic amines) is 1. The molecule has 4 rings (SSSR count). The molecule has 41 heavy (non-hydrogen) atoms.